The Bertz CT molecular complexity index is 826. The number of fused-ring (bicyclic) bond motifs is 5. The van der Waals surface area contributed by atoms with Crippen LogP contribution in [0.4, 0.5) is 0 Å². The van der Waals surface area contributed by atoms with Crippen molar-refractivity contribution in [3.63, 3.8) is 0 Å². The summed E-state index contributed by atoms with van der Waals surface area (Å²) in [5, 5.41) is 7.15. The number of benzene rings is 3. The Morgan fingerprint density at radius 2 is 1.95 bits per heavy atom. The van der Waals surface area contributed by atoms with Crippen LogP contribution in [0.2, 0.25) is 0 Å². The Labute approximate surface area is 123 Å². The summed E-state index contributed by atoms with van der Waals surface area (Å²) in [6.45, 7) is 1.39. The summed E-state index contributed by atoms with van der Waals surface area (Å²) in [5.74, 6) is 1.77. The average Bonchev–Trinajstić information content (AvgIpc) is 3.00. The van der Waals surface area contributed by atoms with Gasteiger partial charge in [-0.2, -0.15) is 0 Å². The predicted octanol–water partition coefficient (Wildman–Crippen LogP) is 2.46. The van der Waals surface area contributed by atoms with Gasteiger partial charge in [-0.05, 0) is 27.8 Å². The molecule has 0 spiro atoms. The molecule has 106 valence electrons. The zero-order chi connectivity index (χ0) is 14.2. The molecule has 0 saturated carbocycles. The minimum atomic E-state index is 0.316. The van der Waals surface area contributed by atoms with Crippen LogP contribution in [0.15, 0.2) is 42.5 Å². The molecule has 0 amide bonds. The van der Waals surface area contributed by atoms with Crippen LogP contribution in [-0.4, -0.2) is 20.4 Å². The molecule has 4 rings (SSSR count). The summed E-state index contributed by atoms with van der Waals surface area (Å²) in [6.07, 6.45) is 1.03. The lowest BCUT2D eigenvalue weighted by Gasteiger charge is -2.11. The van der Waals surface area contributed by atoms with Gasteiger partial charge in [-0.25, -0.2) is 0 Å². The van der Waals surface area contributed by atoms with E-state index in [2.05, 4.69) is 54.8 Å². The molecule has 0 saturated heterocycles. The van der Waals surface area contributed by atoms with E-state index < -0.39 is 0 Å². The van der Waals surface area contributed by atoms with Crippen molar-refractivity contribution >= 4 is 21.5 Å². The highest BCUT2D eigenvalue weighted by molar-refractivity contribution is 6.12. The van der Waals surface area contributed by atoms with Crippen LogP contribution in [0.3, 0.4) is 0 Å². The minimum absolute atomic E-state index is 0.316. The lowest BCUT2D eigenvalue weighted by atomic mass is 9.95. The van der Waals surface area contributed by atoms with Crippen LogP contribution in [0, 0.1) is 0 Å². The van der Waals surface area contributed by atoms with Crippen LogP contribution in [0.25, 0.3) is 21.5 Å². The first-order valence-corrected chi connectivity index (χ1v) is 7.39. The highest BCUT2D eigenvalue weighted by Crippen LogP contribution is 2.44. The number of quaternary nitrogens is 1. The number of hydrogen-bond acceptors (Lipinski definition) is 2. The molecule has 0 radical (unpaired) electrons. The molecule has 0 bridgehead atoms. The molecule has 2 N–H and O–H groups in total. The summed E-state index contributed by atoms with van der Waals surface area (Å²) < 4.78 is 11.4. The first-order valence-electron chi connectivity index (χ1n) is 7.39. The average molecular weight is 280 g/mol. The second-order valence-electron chi connectivity index (χ2n) is 5.43. The number of ether oxygens (including phenoxy) is 2. The second-order valence-corrected chi connectivity index (χ2v) is 5.43. The van der Waals surface area contributed by atoms with Crippen molar-refractivity contribution in [2.45, 2.75) is 6.42 Å². The molecule has 0 unspecified atom stereocenters. The van der Waals surface area contributed by atoms with Crippen LogP contribution < -0.4 is 14.8 Å². The third-order valence-corrected chi connectivity index (χ3v) is 4.15. The highest BCUT2D eigenvalue weighted by Gasteiger charge is 2.21. The summed E-state index contributed by atoms with van der Waals surface area (Å²) in [6, 6.07) is 15.0. The number of nitrogens with two attached hydrogens (primary N) is 1. The molecule has 3 aromatic rings. The molecule has 0 fully saturated rings. The number of rotatable bonds is 3. The van der Waals surface area contributed by atoms with E-state index in [0.29, 0.717) is 6.79 Å². The molecule has 3 nitrogen and oxygen atoms in total. The van der Waals surface area contributed by atoms with Gasteiger partial charge in [0.25, 0.3) is 0 Å². The molecule has 0 aromatic heterocycles. The largest absolute Gasteiger partial charge is 0.454 e. The standard InChI is InChI=1S/C18H17NO2/c1-19-9-8-13-10-16-18(21-11-20-16)17-14-5-3-2-4-12(14)6-7-15(13)17/h2-7,10,19H,8-9,11H2,1H3/p+1. The van der Waals surface area contributed by atoms with Gasteiger partial charge in [0.1, 0.15) is 0 Å². The maximum atomic E-state index is 5.75. The SMILES string of the molecule is C[NH2+]CCc1cc2c(c3c1ccc1ccccc13)OCO2. The van der Waals surface area contributed by atoms with Crippen LogP contribution in [-0.2, 0) is 6.42 Å². The monoisotopic (exact) mass is 280 g/mol. The van der Waals surface area contributed by atoms with Crippen molar-refractivity contribution in [1.82, 2.24) is 0 Å². The van der Waals surface area contributed by atoms with Gasteiger partial charge in [-0.3, -0.25) is 0 Å². The van der Waals surface area contributed by atoms with Gasteiger partial charge in [0, 0.05) is 11.8 Å². The van der Waals surface area contributed by atoms with E-state index in [-0.39, 0.29) is 0 Å². The topological polar surface area (TPSA) is 35.1 Å². The normalized spacial score (nSPS) is 13.2. The molecule has 1 aliphatic heterocycles. The van der Waals surface area contributed by atoms with Crippen LogP contribution in [0.5, 0.6) is 11.5 Å². The molecule has 1 aliphatic rings. The van der Waals surface area contributed by atoms with Gasteiger partial charge in [0.2, 0.25) is 6.79 Å². The fourth-order valence-electron chi connectivity index (χ4n) is 3.12. The maximum Gasteiger partial charge on any atom is 0.231 e. The fraction of sp³-hybridized carbons (Fsp3) is 0.222. The quantitative estimate of drug-likeness (QED) is 0.748. The Balaban J connectivity index is 2.08. The lowest BCUT2D eigenvalue weighted by Crippen LogP contribution is -2.80. The van der Waals surface area contributed by atoms with Gasteiger partial charge in [0.15, 0.2) is 11.5 Å². The fourth-order valence-corrected chi connectivity index (χ4v) is 3.12. The molecular weight excluding hydrogens is 262 g/mol. The van der Waals surface area contributed by atoms with Crippen molar-refractivity contribution in [2.75, 3.05) is 20.4 Å². The Hall–Kier alpha value is -2.26. The zero-order valence-corrected chi connectivity index (χ0v) is 12.1. The van der Waals surface area contributed by atoms with Gasteiger partial charge in [-0.1, -0.05) is 36.4 Å². The third-order valence-electron chi connectivity index (χ3n) is 4.15. The lowest BCUT2D eigenvalue weighted by molar-refractivity contribution is -0.626. The van der Waals surface area contributed by atoms with E-state index in [4.69, 9.17) is 9.47 Å². The maximum absolute atomic E-state index is 5.75. The van der Waals surface area contributed by atoms with Crippen molar-refractivity contribution in [2.24, 2.45) is 0 Å². The van der Waals surface area contributed by atoms with Gasteiger partial charge in [-0.15, -0.1) is 0 Å². The first-order chi connectivity index (χ1) is 10.4. The van der Waals surface area contributed by atoms with E-state index in [1.54, 1.807) is 0 Å². The van der Waals surface area contributed by atoms with Crippen molar-refractivity contribution < 1.29 is 14.8 Å². The molecular formula is C18H18NO2+. The summed E-state index contributed by atoms with van der Waals surface area (Å²) >= 11 is 0. The molecule has 3 heteroatoms. The predicted molar refractivity (Wildman–Crippen MR) is 84.0 cm³/mol. The molecule has 3 aromatic carbocycles. The molecule has 1 heterocycles. The van der Waals surface area contributed by atoms with Gasteiger partial charge < -0.3 is 14.8 Å². The molecule has 21 heavy (non-hydrogen) atoms. The second kappa shape index (κ2) is 4.93. The Morgan fingerprint density at radius 1 is 1.05 bits per heavy atom. The highest BCUT2D eigenvalue weighted by atomic mass is 16.7. The van der Waals surface area contributed by atoms with E-state index in [0.717, 1.165) is 24.5 Å². The van der Waals surface area contributed by atoms with Crippen LogP contribution >= 0.6 is 0 Å². The van der Waals surface area contributed by atoms with E-state index in [9.17, 15) is 0 Å². The van der Waals surface area contributed by atoms with Gasteiger partial charge in [0.05, 0.1) is 13.6 Å². The van der Waals surface area contributed by atoms with E-state index in [1.165, 1.54) is 27.1 Å². The third kappa shape index (κ3) is 1.93. The van der Waals surface area contributed by atoms with E-state index >= 15 is 0 Å². The van der Waals surface area contributed by atoms with Crippen LogP contribution in [0.1, 0.15) is 5.56 Å². The number of hydrogen-bond donors (Lipinski definition) is 1. The zero-order valence-electron chi connectivity index (χ0n) is 12.1. The van der Waals surface area contributed by atoms with Crippen molar-refractivity contribution in [3.8, 4) is 11.5 Å². The van der Waals surface area contributed by atoms with Crippen molar-refractivity contribution in [1.29, 1.82) is 0 Å². The minimum Gasteiger partial charge on any atom is -0.454 e. The number of likely N-dealkylation sites (N-methyl/N-ethyl adjacent to an activating group) is 1. The Kier molecular flexibility index (Phi) is 2.93. The van der Waals surface area contributed by atoms with Gasteiger partial charge >= 0.3 is 0 Å². The summed E-state index contributed by atoms with van der Waals surface area (Å²) in [4.78, 5) is 0. The molecule has 0 atom stereocenters. The smallest absolute Gasteiger partial charge is 0.231 e. The molecule has 0 aliphatic carbocycles. The summed E-state index contributed by atoms with van der Waals surface area (Å²) in [5.41, 5.74) is 1.33. The Morgan fingerprint density at radius 3 is 2.86 bits per heavy atom. The van der Waals surface area contributed by atoms with Crippen molar-refractivity contribution in [3.05, 3.63) is 48.0 Å². The summed E-state index contributed by atoms with van der Waals surface area (Å²) in [7, 11) is 2.10. The first kappa shape index (κ1) is 12.5. The van der Waals surface area contributed by atoms with E-state index in [1.807, 2.05) is 0 Å².